The number of carbonyl (C=O) groups is 1. The van der Waals surface area contributed by atoms with Gasteiger partial charge in [-0.1, -0.05) is 39.5 Å². The normalized spacial score (nSPS) is 17.1. The van der Waals surface area contributed by atoms with Crippen molar-refractivity contribution < 1.29 is 36.5 Å². The molecule has 0 radical (unpaired) electrons. The molecule has 0 unspecified atom stereocenters. The minimum atomic E-state index is -4.47. The van der Waals surface area contributed by atoms with E-state index in [2.05, 4.69) is 13.8 Å². The molecular formula is C30H40F3NO5S2. The number of esters is 1. The molecule has 1 aliphatic heterocycles. The van der Waals surface area contributed by atoms with Gasteiger partial charge in [-0.15, -0.1) is 11.8 Å². The lowest BCUT2D eigenvalue weighted by Gasteiger charge is -2.42. The molecule has 0 fully saturated rings. The second kappa shape index (κ2) is 14.2. The maximum absolute atomic E-state index is 13.4. The van der Waals surface area contributed by atoms with Gasteiger partial charge in [-0.05, 0) is 56.4 Å². The van der Waals surface area contributed by atoms with E-state index in [0.717, 1.165) is 56.7 Å². The van der Waals surface area contributed by atoms with E-state index in [0.29, 0.717) is 28.6 Å². The molecule has 1 aliphatic rings. The highest BCUT2D eigenvalue weighted by molar-refractivity contribution is 8.24. The fourth-order valence-corrected chi connectivity index (χ4v) is 7.90. The SMILES string of the molecule is CCCCC1(CCCC)CN(c2ccc(C(F)(F)F)cc2)c2cc(SC)c(O/C=C/C(=O)OCC)cc2S(O)(O)C1. The fraction of sp³-hybridized carbons (Fsp3) is 0.500. The lowest BCUT2D eigenvalue weighted by atomic mass is 9.79. The second-order valence-electron chi connectivity index (χ2n) is 10.3. The molecular weight excluding hydrogens is 575 g/mol. The Hall–Kier alpha value is -2.34. The summed E-state index contributed by atoms with van der Waals surface area (Å²) in [6, 6.07) is 8.38. The summed E-state index contributed by atoms with van der Waals surface area (Å²) in [5.74, 6) is -0.0953. The van der Waals surface area contributed by atoms with Crippen molar-refractivity contribution in [3.05, 3.63) is 54.3 Å². The van der Waals surface area contributed by atoms with Crippen LogP contribution in [0.25, 0.3) is 0 Å². The number of nitrogens with zero attached hydrogens (tertiary/aromatic N) is 1. The van der Waals surface area contributed by atoms with Gasteiger partial charge in [0.05, 0.1) is 40.0 Å². The van der Waals surface area contributed by atoms with Gasteiger partial charge in [-0.3, -0.25) is 9.11 Å². The van der Waals surface area contributed by atoms with Crippen molar-refractivity contribution in [1.82, 2.24) is 0 Å². The Morgan fingerprint density at radius 2 is 1.73 bits per heavy atom. The van der Waals surface area contributed by atoms with Gasteiger partial charge in [0.15, 0.2) is 0 Å². The molecule has 0 amide bonds. The number of hydrogen-bond donors (Lipinski definition) is 2. The number of hydrogen-bond acceptors (Lipinski definition) is 7. The van der Waals surface area contributed by atoms with E-state index in [4.69, 9.17) is 9.47 Å². The summed E-state index contributed by atoms with van der Waals surface area (Å²) in [6.45, 7) is 6.51. The quantitative estimate of drug-likeness (QED) is 0.107. The standard InChI is InChI=1S/C30H40F3NO5S2/c1-5-8-15-29(16-9-6-2)20-34(23-12-10-22(11-13-23)30(31,32)33)24-18-26(40-4)25(19-27(24)41(36,37)21-29)39-17-14-28(35)38-7-3/h10-14,17-19,36-37H,5-9,15-16,20-21H2,1-4H3/b17-14+. The van der Waals surface area contributed by atoms with E-state index in [1.807, 2.05) is 11.2 Å². The van der Waals surface area contributed by atoms with Gasteiger partial charge in [-0.2, -0.15) is 23.8 Å². The third kappa shape index (κ3) is 8.37. The fourth-order valence-electron chi connectivity index (χ4n) is 5.17. The minimum Gasteiger partial charge on any atom is -0.463 e. The van der Waals surface area contributed by atoms with Crippen LogP contribution in [0.5, 0.6) is 5.75 Å². The minimum absolute atomic E-state index is 0.140. The van der Waals surface area contributed by atoms with Crippen molar-refractivity contribution in [2.75, 3.05) is 30.1 Å². The number of alkyl halides is 3. The predicted octanol–water partition coefficient (Wildman–Crippen LogP) is 9.51. The van der Waals surface area contributed by atoms with Crippen LogP contribution in [-0.4, -0.2) is 40.2 Å². The average molecular weight is 616 g/mol. The number of rotatable bonds is 12. The highest BCUT2D eigenvalue weighted by atomic mass is 32.3. The first-order valence-corrected chi connectivity index (χ1v) is 16.8. The van der Waals surface area contributed by atoms with E-state index in [9.17, 15) is 27.1 Å². The van der Waals surface area contributed by atoms with Gasteiger partial charge in [0, 0.05) is 29.5 Å². The highest BCUT2D eigenvalue weighted by Crippen LogP contribution is 2.62. The van der Waals surface area contributed by atoms with Crippen LogP contribution < -0.4 is 9.64 Å². The molecule has 0 saturated heterocycles. The van der Waals surface area contributed by atoms with Crippen molar-refractivity contribution in [2.45, 2.75) is 75.3 Å². The van der Waals surface area contributed by atoms with Gasteiger partial charge >= 0.3 is 12.1 Å². The van der Waals surface area contributed by atoms with Crippen molar-refractivity contribution in [2.24, 2.45) is 5.41 Å². The number of benzene rings is 2. The first-order chi connectivity index (χ1) is 19.4. The summed E-state index contributed by atoms with van der Waals surface area (Å²) in [5, 5.41) is 0. The molecule has 0 aromatic heterocycles. The predicted molar refractivity (Wildman–Crippen MR) is 161 cm³/mol. The van der Waals surface area contributed by atoms with Crippen molar-refractivity contribution in [3.63, 3.8) is 0 Å². The molecule has 0 bridgehead atoms. The zero-order valence-electron chi connectivity index (χ0n) is 24.0. The number of anilines is 2. The first-order valence-electron chi connectivity index (χ1n) is 13.8. The molecule has 1 heterocycles. The van der Waals surface area contributed by atoms with Crippen LogP contribution >= 0.6 is 22.4 Å². The number of halogens is 3. The van der Waals surface area contributed by atoms with Crippen LogP contribution in [0.15, 0.2) is 58.5 Å². The van der Waals surface area contributed by atoms with Crippen molar-refractivity contribution in [1.29, 1.82) is 0 Å². The second-order valence-corrected chi connectivity index (χ2v) is 13.2. The monoisotopic (exact) mass is 615 g/mol. The third-order valence-electron chi connectivity index (χ3n) is 7.20. The summed E-state index contributed by atoms with van der Waals surface area (Å²) in [7, 11) is -3.34. The van der Waals surface area contributed by atoms with Crippen LogP contribution in [-0.2, 0) is 15.7 Å². The molecule has 0 saturated carbocycles. The average Bonchev–Trinajstić information content (AvgIpc) is 3.02. The molecule has 0 aliphatic carbocycles. The zero-order chi connectivity index (χ0) is 30.3. The molecule has 11 heteroatoms. The maximum Gasteiger partial charge on any atom is 0.416 e. The van der Waals surface area contributed by atoms with Crippen LogP contribution in [0, 0.1) is 5.41 Å². The van der Waals surface area contributed by atoms with Gasteiger partial charge < -0.3 is 14.4 Å². The van der Waals surface area contributed by atoms with E-state index >= 15 is 0 Å². The summed E-state index contributed by atoms with van der Waals surface area (Å²) >= 11 is 1.37. The number of thioether (sulfide) groups is 1. The smallest absolute Gasteiger partial charge is 0.416 e. The Bertz CT molecular complexity index is 1190. The van der Waals surface area contributed by atoms with Crippen molar-refractivity contribution >= 4 is 39.7 Å². The molecule has 2 N–H and O–H groups in total. The largest absolute Gasteiger partial charge is 0.463 e. The Morgan fingerprint density at radius 1 is 1.10 bits per heavy atom. The van der Waals surface area contributed by atoms with Gasteiger partial charge in [0.25, 0.3) is 0 Å². The van der Waals surface area contributed by atoms with Crippen LogP contribution in [0.4, 0.5) is 24.5 Å². The lowest BCUT2D eigenvalue weighted by molar-refractivity contribution is -0.138. The summed E-state index contributed by atoms with van der Waals surface area (Å²) in [6.07, 6.45) is 4.87. The molecule has 2 aromatic rings. The van der Waals surface area contributed by atoms with E-state index < -0.39 is 33.7 Å². The highest BCUT2D eigenvalue weighted by Gasteiger charge is 2.43. The van der Waals surface area contributed by atoms with Gasteiger partial charge in [0.1, 0.15) is 5.75 Å². The molecule has 3 rings (SSSR count). The first kappa shape index (κ1) is 33.2. The van der Waals surface area contributed by atoms with E-state index in [1.54, 1.807) is 19.1 Å². The third-order valence-corrected chi connectivity index (χ3v) is 10.0. The Labute approximate surface area is 246 Å². The molecule has 41 heavy (non-hydrogen) atoms. The van der Waals surface area contributed by atoms with E-state index in [1.165, 1.54) is 30.2 Å². The zero-order valence-corrected chi connectivity index (χ0v) is 25.6. The molecule has 228 valence electrons. The van der Waals surface area contributed by atoms with Crippen LogP contribution in [0.2, 0.25) is 0 Å². The Morgan fingerprint density at radius 3 is 2.27 bits per heavy atom. The Balaban J connectivity index is 2.20. The van der Waals surface area contributed by atoms with Crippen LogP contribution in [0.1, 0.15) is 64.9 Å². The number of fused-ring (bicyclic) bond motifs is 1. The summed E-state index contributed by atoms with van der Waals surface area (Å²) in [4.78, 5) is 14.6. The van der Waals surface area contributed by atoms with Gasteiger partial charge in [-0.25, -0.2) is 4.79 Å². The molecule has 6 nitrogen and oxygen atoms in total. The summed E-state index contributed by atoms with van der Waals surface area (Å²) < 4.78 is 74.3. The van der Waals surface area contributed by atoms with E-state index in [-0.39, 0.29) is 17.3 Å². The molecule has 0 spiro atoms. The van der Waals surface area contributed by atoms with Gasteiger partial charge in [0.2, 0.25) is 0 Å². The number of carbonyl (C=O) groups excluding carboxylic acids is 1. The number of unbranched alkanes of at least 4 members (excludes halogenated alkanes) is 2. The Kier molecular flexibility index (Phi) is 11.5. The topological polar surface area (TPSA) is 79.2 Å². The number of ether oxygens (including phenoxy) is 2. The summed E-state index contributed by atoms with van der Waals surface area (Å²) in [5.41, 5.74) is -0.162. The van der Waals surface area contributed by atoms with Crippen LogP contribution in [0.3, 0.4) is 0 Å². The van der Waals surface area contributed by atoms with Crippen molar-refractivity contribution in [3.8, 4) is 5.75 Å². The lowest BCUT2D eigenvalue weighted by Crippen LogP contribution is -2.38. The molecule has 2 aromatic carbocycles. The molecule has 0 atom stereocenters. The maximum atomic E-state index is 13.4.